The van der Waals surface area contributed by atoms with Crippen LogP contribution in [0.2, 0.25) is 5.02 Å². The topological polar surface area (TPSA) is 94.2 Å². The number of carbonyl (C=O) groups is 3. The van der Waals surface area contributed by atoms with Crippen molar-refractivity contribution in [3.05, 3.63) is 53.1 Å². The number of halogens is 1. The van der Waals surface area contributed by atoms with Crippen LogP contribution in [-0.2, 0) is 19.1 Å². The summed E-state index contributed by atoms with van der Waals surface area (Å²) < 4.78 is 15.7. The Hall–Kier alpha value is -3.26. The van der Waals surface area contributed by atoms with Gasteiger partial charge in [0.2, 0.25) is 11.8 Å². The summed E-state index contributed by atoms with van der Waals surface area (Å²) in [5.41, 5.74) is 1.22. The van der Waals surface area contributed by atoms with E-state index in [4.69, 9.17) is 25.8 Å². The van der Waals surface area contributed by atoms with Gasteiger partial charge in [0, 0.05) is 18.0 Å². The summed E-state index contributed by atoms with van der Waals surface area (Å²) in [5.74, 6) is -0.478. The van der Waals surface area contributed by atoms with Crippen LogP contribution in [0.25, 0.3) is 0 Å². The average molecular weight is 475 g/mol. The molecule has 3 rings (SSSR count). The normalized spacial score (nSPS) is 16.3. The second-order valence-corrected chi connectivity index (χ2v) is 8.00. The standard InChI is InChI=1S/C24H27ClN2O6/c1-4-33-23(29)13-19(15-6-5-7-18(10-15)31-2)26-24(30)16-11-22(28)27(14-16)20-12-17(25)8-9-21(20)32-3/h5-10,12,16,19H,4,11,13-14H2,1-3H3,(H,26,30). The number of hydrogen-bond donors (Lipinski definition) is 1. The maximum Gasteiger partial charge on any atom is 0.308 e. The molecule has 33 heavy (non-hydrogen) atoms. The Kier molecular flexibility index (Phi) is 8.16. The van der Waals surface area contributed by atoms with Gasteiger partial charge < -0.3 is 24.4 Å². The fourth-order valence-corrected chi connectivity index (χ4v) is 3.94. The highest BCUT2D eigenvalue weighted by molar-refractivity contribution is 6.31. The van der Waals surface area contributed by atoms with Crippen molar-refractivity contribution in [2.45, 2.75) is 25.8 Å². The van der Waals surface area contributed by atoms with Gasteiger partial charge in [-0.2, -0.15) is 0 Å². The summed E-state index contributed by atoms with van der Waals surface area (Å²) in [5, 5.41) is 3.37. The summed E-state index contributed by atoms with van der Waals surface area (Å²) >= 11 is 6.11. The van der Waals surface area contributed by atoms with Gasteiger partial charge >= 0.3 is 5.97 Å². The molecular weight excluding hydrogens is 448 g/mol. The highest BCUT2D eigenvalue weighted by Gasteiger charge is 2.37. The number of rotatable bonds is 9. The van der Waals surface area contributed by atoms with E-state index in [2.05, 4.69) is 5.32 Å². The van der Waals surface area contributed by atoms with Crippen molar-refractivity contribution >= 4 is 35.1 Å². The zero-order valence-corrected chi connectivity index (χ0v) is 19.6. The maximum atomic E-state index is 13.1. The molecule has 1 aliphatic rings. The fraction of sp³-hybridized carbons (Fsp3) is 0.375. The van der Waals surface area contributed by atoms with Gasteiger partial charge in [-0.05, 0) is 42.8 Å². The number of carbonyl (C=O) groups excluding carboxylic acids is 3. The molecule has 2 amide bonds. The molecule has 1 aliphatic heterocycles. The lowest BCUT2D eigenvalue weighted by Crippen LogP contribution is -2.36. The van der Waals surface area contributed by atoms with E-state index in [-0.39, 0.29) is 37.8 Å². The first kappa shape index (κ1) is 24.4. The first-order chi connectivity index (χ1) is 15.9. The minimum absolute atomic E-state index is 0.0335. The second kappa shape index (κ2) is 11.0. The van der Waals surface area contributed by atoms with E-state index in [1.807, 2.05) is 0 Å². The minimum atomic E-state index is -0.628. The Balaban J connectivity index is 1.78. The molecule has 2 aromatic carbocycles. The quantitative estimate of drug-likeness (QED) is 0.559. The van der Waals surface area contributed by atoms with E-state index in [1.165, 1.54) is 12.0 Å². The zero-order valence-electron chi connectivity index (χ0n) is 18.8. The van der Waals surface area contributed by atoms with Crippen LogP contribution in [0, 0.1) is 5.92 Å². The molecule has 0 bridgehead atoms. The van der Waals surface area contributed by atoms with Crippen LogP contribution >= 0.6 is 11.6 Å². The molecule has 0 saturated carbocycles. The Morgan fingerprint density at radius 2 is 1.97 bits per heavy atom. The first-order valence-corrected chi connectivity index (χ1v) is 11.0. The highest BCUT2D eigenvalue weighted by atomic mass is 35.5. The van der Waals surface area contributed by atoms with Crippen LogP contribution in [-0.4, -0.2) is 45.2 Å². The first-order valence-electron chi connectivity index (χ1n) is 10.6. The van der Waals surface area contributed by atoms with Gasteiger partial charge in [0.05, 0.1) is 44.9 Å². The van der Waals surface area contributed by atoms with Crippen LogP contribution in [0.4, 0.5) is 5.69 Å². The Morgan fingerprint density at radius 1 is 1.18 bits per heavy atom. The van der Waals surface area contributed by atoms with Crippen molar-refractivity contribution in [2.75, 3.05) is 32.3 Å². The maximum absolute atomic E-state index is 13.1. The molecule has 8 nitrogen and oxygen atoms in total. The number of hydrogen-bond acceptors (Lipinski definition) is 6. The predicted octanol–water partition coefficient (Wildman–Crippen LogP) is 3.52. The lowest BCUT2D eigenvalue weighted by atomic mass is 10.0. The van der Waals surface area contributed by atoms with E-state index >= 15 is 0 Å². The van der Waals surface area contributed by atoms with Gasteiger partial charge in [0.1, 0.15) is 11.5 Å². The monoisotopic (exact) mass is 474 g/mol. The third-order valence-electron chi connectivity index (χ3n) is 5.42. The summed E-state index contributed by atoms with van der Waals surface area (Å²) in [6, 6.07) is 11.5. The Labute approximate surface area is 197 Å². The van der Waals surface area contributed by atoms with Crippen LogP contribution in [0.3, 0.4) is 0 Å². The Bertz CT molecular complexity index is 1030. The lowest BCUT2D eigenvalue weighted by Gasteiger charge is -2.22. The summed E-state index contributed by atoms with van der Waals surface area (Å²) in [6.07, 6.45) is -0.00895. The average Bonchev–Trinajstić information content (AvgIpc) is 3.20. The molecule has 0 aromatic heterocycles. The number of amides is 2. The SMILES string of the molecule is CCOC(=O)CC(NC(=O)C1CC(=O)N(c2cc(Cl)ccc2OC)C1)c1cccc(OC)c1. The van der Waals surface area contributed by atoms with E-state index in [0.717, 1.165) is 0 Å². The van der Waals surface area contributed by atoms with Crippen molar-refractivity contribution in [3.8, 4) is 11.5 Å². The fourth-order valence-electron chi connectivity index (χ4n) is 3.78. The number of benzene rings is 2. The third-order valence-corrected chi connectivity index (χ3v) is 5.65. The zero-order chi connectivity index (χ0) is 24.0. The summed E-state index contributed by atoms with van der Waals surface area (Å²) in [6.45, 7) is 2.14. The molecule has 2 atom stereocenters. The number of nitrogens with one attached hydrogen (secondary N) is 1. The smallest absolute Gasteiger partial charge is 0.308 e. The largest absolute Gasteiger partial charge is 0.497 e. The number of methoxy groups -OCH3 is 2. The molecule has 0 radical (unpaired) electrons. The third kappa shape index (κ3) is 5.96. The number of esters is 1. The number of ether oxygens (including phenoxy) is 3. The molecule has 1 saturated heterocycles. The molecule has 0 aliphatic carbocycles. The van der Waals surface area contributed by atoms with Gasteiger partial charge in [-0.25, -0.2) is 0 Å². The molecule has 9 heteroatoms. The summed E-state index contributed by atoms with van der Waals surface area (Å²) in [4.78, 5) is 39.5. The molecule has 176 valence electrons. The van der Waals surface area contributed by atoms with Crippen molar-refractivity contribution in [1.29, 1.82) is 0 Å². The van der Waals surface area contributed by atoms with Crippen molar-refractivity contribution in [2.24, 2.45) is 5.92 Å². The van der Waals surface area contributed by atoms with Gasteiger partial charge in [-0.3, -0.25) is 14.4 Å². The van der Waals surface area contributed by atoms with Gasteiger partial charge in [0.15, 0.2) is 0 Å². The van der Waals surface area contributed by atoms with E-state index in [1.54, 1.807) is 56.5 Å². The van der Waals surface area contributed by atoms with Crippen molar-refractivity contribution < 1.29 is 28.6 Å². The Morgan fingerprint density at radius 3 is 2.67 bits per heavy atom. The minimum Gasteiger partial charge on any atom is -0.497 e. The molecule has 2 aromatic rings. The molecule has 2 unspecified atom stereocenters. The van der Waals surface area contributed by atoms with Gasteiger partial charge in [-0.15, -0.1) is 0 Å². The summed E-state index contributed by atoms with van der Waals surface area (Å²) in [7, 11) is 3.05. The van der Waals surface area contributed by atoms with Crippen molar-refractivity contribution in [3.63, 3.8) is 0 Å². The van der Waals surface area contributed by atoms with E-state index < -0.39 is 17.9 Å². The van der Waals surface area contributed by atoms with Gasteiger partial charge in [-0.1, -0.05) is 23.7 Å². The molecule has 1 N–H and O–H groups in total. The van der Waals surface area contributed by atoms with Crippen LogP contribution in [0.15, 0.2) is 42.5 Å². The van der Waals surface area contributed by atoms with Gasteiger partial charge in [0.25, 0.3) is 0 Å². The molecular formula is C24H27ClN2O6. The van der Waals surface area contributed by atoms with E-state index in [0.29, 0.717) is 27.8 Å². The van der Waals surface area contributed by atoms with Crippen LogP contribution < -0.4 is 19.7 Å². The number of nitrogens with zero attached hydrogens (tertiary/aromatic N) is 1. The second-order valence-electron chi connectivity index (χ2n) is 7.57. The molecule has 0 spiro atoms. The van der Waals surface area contributed by atoms with Crippen molar-refractivity contribution in [1.82, 2.24) is 5.32 Å². The highest BCUT2D eigenvalue weighted by Crippen LogP contribution is 2.35. The lowest BCUT2D eigenvalue weighted by molar-refractivity contribution is -0.144. The molecule has 1 fully saturated rings. The van der Waals surface area contributed by atoms with E-state index in [9.17, 15) is 14.4 Å². The van der Waals surface area contributed by atoms with Crippen LogP contribution in [0.5, 0.6) is 11.5 Å². The predicted molar refractivity (Wildman–Crippen MR) is 124 cm³/mol. The molecule has 1 heterocycles. The van der Waals surface area contributed by atoms with Crippen LogP contribution in [0.1, 0.15) is 31.4 Å². The number of anilines is 1.